The molecule has 1 N–H and O–H groups in total. The van der Waals surface area contributed by atoms with Crippen LogP contribution in [-0.2, 0) is 32.5 Å². The Morgan fingerprint density at radius 2 is 1.92 bits per heavy atom. The number of halogens is 3. The fourth-order valence-electron chi connectivity index (χ4n) is 4.99. The van der Waals surface area contributed by atoms with E-state index >= 15 is 0 Å². The molecule has 14 heteroatoms. The number of carbonyl (C=O) groups is 2. The molecule has 3 saturated heterocycles. The SMILES string of the molecule is C[C@@H]1C[C@H](C(=O)NCc2ccc(C(F)(F)F)cn2)N(C(=O)[C@H]2CCCN(S(=O)(=O)N3CC(C#N)C3)C2)C1. The predicted molar refractivity (Wildman–Crippen MR) is 124 cm³/mol. The summed E-state index contributed by atoms with van der Waals surface area (Å²) in [6, 6.07) is 3.38. The number of hydrogen-bond acceptors (Lipinski definition) is 6. The molecule has 4 heterocycles. The first-order chi connectivity index (χ1) is 17.4. The second kappa shape index (κ2) is 10.5. The maximum atomic E-state index is 13.4. The van der Waals surface area contributed by atoms with Gasteiger partial charge in [0.25, 0.3) is 10.2 Å². The molecule has 2 amide bonds. The number of pyridine rings is 1. The fourth-order valence-corrected chi connectivity index (χ4v) is 6.78. The van der Waals surface area contributed by atoms with Gasteiger partial charge in [-0.2, -0.15) is 35.5 Å². The van der Waals surface area contributed by atoms with Crippen molar-refractivity contribution in [3.8, 4) is 6.07 Å². The van der Waals surface area contributed by atoms with Gasteiger partial charge >= 0.3 is 6.18 Å². The number of carbonyl (C=O) groups excluding carboxylic acids is 2. The van der Waals surface area contributed by atoms with Gasteiger partial charge in [0.2, 0.25) is 11.8 Å². The highest BCUT2D eigenvalue weighted by Gasteiger charge is 2.45. The number of alkyl halides is 3. The zero-order chi connectivity index (χ0) is 27.0. The minimum atomic E-state index is -4.50. The minimum Gasteiger partial charge on any atom is -0.349 e. The molecule has 0 aliphatic carbocycles. The quantitative estimate of drug-likeness (QED) is 0.579. The minimum absolute atomic E-state index is 0.0174. The summed E-state index contributed by atoms with van der Waals surface area (Å²) in [6.07, 6.45) is -2.36. The van der Waals surface area contributed by atoms with Gasteiger partial charge in [-0.1, -0.05) is 6.92 Å². The fraction of sp³-hybridized carbons (Fsp3) is 0.652. The van der Waals surface area contributed by atoms with Gasteiger partial charge in [-0.3, -0.25) is 14.6 Å². The predicted octanol–water partition coefficient (Wildman–Crippen LogP) is 1.37. The average molecular weight is 543 g/mol. The molecule has 3 aliphatic rings. The summed E-state index contributed by atoms with van der Waals surface area (Å²) in [5.41, 5.74) is -0.630. The van der Waals surface area contributed by atoms with Crippen LogP contribution in [0.2, 0.25) is 0 Å². The number of nitriles is 1. The molecular formula is C23H29F3N6O4S. The molecule has 202 valence electrons. The Labute approximate surface area is 213 Å². The average Bonchev–Trinajstić information content (AvgIpc) is 3.22. The monoisotopic (exact) mass is 542 g/mol. The highest BCUT2D eigenvalue weighted by molar-refractivity contribution is 7.86. The van der Waals surface area contributed by atoms with Crippen molar-refractivity contribution in [2.75, 3.05) is 32.7 Å². The lowest BCUT2D eigenvalue weighted by atomic mass is 9.97. The first kappa shape index (κ1) is 27.3. The van der Waals surface area contributed by atoms with Crippen LogP contribution in [0.1, 0.15) is 37.4 Å². The van der Waals surface area contributed by atoms with Gasteiger partial charge in [-0.15, -0.1) is 0 Å². The van der Waals surface area contributed by atoms with Crippen LogP contribution in [0.4, 0.5) is 13.2 Å². The van der Waals surface area contributed by atoms with E-state index in [0.29, 0.717) is 38.5 Å². The first-order valence-electron chi connectivity index (χ1n) is 12.1. The topological polar surface area (TPSA) is 127 Å². The van der Waals surface area contributed by atoms with Crippen LogP contribution in [0.25, 0.3) is 0 Å². The lowest BCUT2D eigenvalue weighted by molar-refractivity contribution is -0.142. The highest BCUT2D eigenvalue weighted by Crippen LogP contribution is 2.31. The molecule has 3 fully saturated rings. The molecule has 3 atom stereocenters. The number of aromatic nitrogens is 1. The third kappa shape index (κ3) is 5.89. The van der Waals surface area contributed by atoms with Gasteiger partial charge in [0.15, 0.2) is 0 Å². The van der Waals surface area contributed by atoms with Gasteiger partial charge in [0, 0.05) is 38.9 Å². The van der Waals surface area contributed by atoms with E-state index in [2.05, 4.69) is 10.3 Å². The molecule has 4 rings (SSSR count). The van der Waals surface area contributed by atoms with Crippen molar-refractivity contribution >= 4 is 22.0 Å². The smallest absolute Gasteiger partial charge is 0.349 e. The summed E-state index contributed by atoms with van der Waals surface area (Å²) < 4.78 is 66.6. The van der Waals surface area contributed by atoms with Crippen molar-refractivity contribution in [2.45, 2.75) is 44.9 Å². The zero-order valence-electron chi connectivity index (χ0n) is 20.3. The van der Waals surface area contributed by atoms with E-state index in [0.717, 1.165) is 6.07 Å². The van der Waals surface area contributed by atoms with E-state index in [1.165, 1.54) is 19.6 Å². The Bertz CT molecular complexity index is 1160. The van der Waals surface area contributed by atoms with Crippen LogP contribution >= 0.6 is 0 Å². The van der Waals surface area contributed by atoms with Crippen LogP contribution in [-0.4, -0.2) is 77.5 Å². The molecule has 0 saturated carbocycles. The molecule has 0 spiro atoms. The van der Waals surface area contributed by atoms with Crippen molar-refractivity contribution in [3.05, 3.63) is 29.6 Å². The zero-order valence-corrected chi connectivity index (χ0v) is 21.1. The van der Waals surface area contributed by atoms with Gasteiger partial charge in [-0.25, -0.2) is 0 Å². The number of nitrogens with zero attached hydrogens (tertiary/aromatic N) is 5. The lowest BCUT2D eigenvalue weighted by Crippen LogP contribution is -2.57. The van der Waals surface area contributed by atoms with E-state index in [9.17, 15) is 31.2 Å². The molecule has 0 unspecified atom stereocenters. The largest absolute Gasteiger partial charge is 0.417 e. The van der Waals surface area contributed by atoms with Gasteiger partial charge in [-0.05, 0) is 37.3 Å². The summed E-state index contributed by atoms with van der Waals surface area (Å²) in [5.74, 6) is -1.57. The molecule has 0 bridgehead atoms. The Hall–Kier alpha value is -2.76. The Kier molecular flexibility index (Phi) is 7.77. The maximum Gasteiger partial charge on any atom is 0.417 e. The van der Waals surface area contributed by atoms with Crippen molar-refractivity contribution in [1.29, 1.82) is 5.26 Å². The number of hydrogen-bond donors (Lipinski definition) is 1. The summed E-state index contributed by atoms with van der Waals surface area (Å²) in [4.78, 5) is 31.6. The van der Waals surface area contributed by atoms with Crippen molar-refractivity contribution in [3.63, 3.8) is 0 Å². The number of amides is 2. The Balaban J connectivity index is 1.37. The summed E-state index contributed by atoms with van der Waals surface area (Å²) in [5, 5.41) is 11.6. The van der Waals surface area contributed by atoms with Gasteiger partial charge in [0.1, 0.15) is 6.04 Å². The van der Waals surface area contributed by atoms with Crippen LogP contribution in [0, 0.1) is 29.1 Å². The Morgan fingerprint density at radius 3 is 2.54 bits per heavy atom. The van der Waals surface area contributed by atoms with E-state index < -0.39 is 39.8 Å². The van der Waals surface area contributed by atoms with Crippen molar-refractivity contribution in [2.24, 2.45) is 17.8 Å². The number of piperidine rings is 1. The number of nitrogens with one attached hydrogen (secondary N) is 1. The molecule has 1 aromatic rings. The van der Waals surface area contributed by atoms with E-state index in [4.69, 9.17) is 5.26 Å². The van der Waals surface area contributed by atoms with E-state index in [1.54, 1.807) is 0 Å². The Morgan fingerprint density at radius 1 is 1.19 bits per heavy atom. The molecule has 10 nitrogen and oxygen atoms in total. The third-order valence-corrected chi connectivity index (χ3v) is 9.04. The van der Waals surface area contributed by atoms with Crippen LogP contribution < -0.4 is 5.32 Å². The van der Waals surface area contributed by atoms with Crippen molar-refractivity contribution < 1.29 is 31.2 Å². The first-order valence-corrected chi connectivity index (χ1v) is 13.5. The second-order valence-electron chi connectivity index (χ2n) is 9.95. The lowest BCUT2D eigenvalue weighted by Gasteiger charge is -2.41. The van der Waals surface area contributed by atoms with Crippen LogP contribution in [0.3, 0.4) is 0 Å². The normalized spacial score (nSPS) is 25.9. The van der Waals surface area contributed by atoms with Crippen LogP contribution in [0.15, 0.2) is 18.3 Å². The van der Waals surface area contributed by atoms with Gasteiger partial charge < -0.3 is 10.2 Å². The van der Waals surface area contributed by atoms with Crippen LogP contribution in [0.5, 0.6) is 0 Å². The van der Waals surface area contributed by atoms with E-state index in [-0.39, 0.29) is 49.6 Å². The molecule has 0 aromatic carbocycles. The number of likely N-dealkylation sites (tertiary alicyclic amines) is 1. The van der Waals surface area contributed by atoms with Gasteiger partial charge in [0.05, 0.1) is 35.7 Å². The standard InChI is InChI=1S/C23H29F3N6O4S/c1-15-7-20(21(33)29-10-19-5-4-18(9-28-19)23(24,25)26)32(11-15)22(34)17-3-2-6-30(14-17)37(35,36)31-12-16(8-27)13-31/h4-5,9,15-17,20H,2-3,6-7,10-14H2,1H3,(H,29,33)/t15-,17+,20-/m1/s1. The van der Waals surface area contributed by atoms with E-state index in [1.807, 2.05) is 13.0 Å². The summed E-state index contributed by atoms with van der Waals surface area (Å²) in [7, 11) is -3.76. The third-order valence-electron chi connectivity index (χ3n) is 7.11. The molecule has 3 aliphatic heterocycles. The second-order valence-corrected chi connectivity index (χ2v) is 11.9. The summed E-state index contributed by atoms with van der Waals surface area (Å²) in [6.45, 7) is 2.79. The maximum absolute atomic E-state index is 13.4. The highest BCUT2D eigenvalue weighted by atomic mass is 32.2. The molecule has 0 radical (unpaired) electrons. The molecule has 1 aromatic heterocycles. The number of rotatable bonds is 6. The summed E-state index contributed by atoms with van der Waals surface area (Å²) >= 11 is 0. The molecule has 37 heavy (non-hydrogen) atoms. The molecular weight excluding hydrogens is 513 g/mol. The van der Waals surface area contributed by atoms with Crippen molar-refractivity contribution in [1.82, 2.24) is 23.8 Å².